The van der Waals surface area contributed by atoms with Crippen molar-refractivity contribution in [3.05, 3.63) is 29.0 Å². The van der Waals surface area contributed by atoms with Gasteiger partial charge in [-0.3, -0.25) is 9.67 Å². The van der Waals surface area contributed by atoms with Gasteiger partial charge in [0.05, 0.1) is 4.90 Å². The average Bonchev–Trinajstić information content (AvgIpc) is 3.44. The maximum Gasteiger partial charge on any atom is 0.243 e. The van der Waals surface area contributed by atoms with Crippen LogP contribution in [-0.2, 0) is 10.0 Å². The first-order chi connectivity index (χ1) is 13.9. The zero-order valence-electron chi connectivity index (χ0n) is 17.3. The molecule has 4 rings (SSSR count). The Morgan fingerprint density at radius 2 is 2.03 bits per heavy atom. The van der Waals surface area contributed by atoms with Crippen LogP contribution in [0, 0.1) is 22.5 Å². The molecule has 1 N–H and O–H groups in total. The largest absolute Gasteiger partial charge is 0.297 e. The summed E-state index contributed by atoms with van der Waals surface area (Å²) in [5.74, 6) is 2.97. The van der Waals surface area contributed by atoms with Crippen molar-refractivity contribution in [2.24, 2.45) is 17.8 Å². The molecule has 1 aromatic heterocycles. The van der Waals surface area contributed by atoms with Crippen molar-refractivity contribution in [2.75, 3.05) is 13.1 Å². The molecule has 1 aromatic carbocycles. The summed E-state index contributed by atoms with van der Waals surface area (Å²) in [7, 11) is -3.52. The zero-order valence-corrected chi connectivity index (χ0v) is 19.0. The molecular weight excluding hydrogens is 404 g/mol. The molecule has 2 saturated carbocycles. The number of hydrogen-bond donors (Lipinski definition) is 1. The predicted octanol–water partition coefficient (Wildman–Crippen LogP) is 4.64. The van der Waals surface area contributed by atoms with Gasteiger partial charge in [0.2, 0.25) is 10.0 Å². The fraction of sp³-hybridized carbons (Fsp3) is 0.619. The molecular formula is C21H30N4O2S2. The Morgan fingerprint density at radius 1 is 1.28 bits per heavy atom. The molecule has 29 heavy (non-hydrogen) atoms. The summed E-state index contributed by atoms with van der Waals surface area (Å²) in [5, 5.41) is 7.43. The van der Waals surface area contributed by atoms with Gasteiger partial charge in [-0.15, -0.1) is 0 Å². The van der Waals surface area contributed by atoms with Gasteiger partial charge in [0, 0.05) is 24.7 Å². The monoisotopic (exact) mass is 434 g/mol. The molecule has 2 fully saturated rings. The maximum absolute atomic E-state index is 13.0. The molecule has 4 atom stereocenters. The molecule has 2 aliphatic carbocycles. The molecule has 0 radical (unpaired) electrons. The summed E-state index contributed by atoms with van der Waals surface area (Å²) < 4.78 is 30.1. The number of rotatable bonds is 7. The van der Waals surface area contributed by atoms with E-state index in [0.29, 0.717) is 28.7 Å². The van der Waals surface area contributed by atoms with E-state index in [1.165, 1.54) is 30.0 Å². The van der Waals surface area contributed by atoms with Gasteiger partial charge in [-0.05, 0) is 68.3 Å². The molecule has 0 unspecified atom stereocenters. The summed E-state index contributed by atoms with van der Waals surface area (Å²) in [6.45, 7) is 6.84. The molecule has 2 aromatic rings. The first kappa shape index (κ1) is 20.8. The predicted molar refractivity (Wildman–Crippen MR) is 117 cm³/mol. The van der Waals surface area contributed by atoms with Gasteiger partial charge in [0.25, 0.3) is 0 Å². The highest BCUT2D eigenvalue weighted by Crippen LogP contribution is 2.52. The third kappa shape index (κ3) is 3.59. The summed E-state index contributed by atoms with van der Waals surface area (Å²) in [5.41, 5.74) is 0.778. The fourth-order valence-electron chi connectivity index (χ4n) is 5.47. The Hall–Kier alpha value is -1.51. The third-order valence-electron chi connectivity index (χ3n) is 6.96. The molecule has 158 valence electrons. The van der Waals surface area contributed by atoms with Crippen LogP contribution in [0.2, 0.25) is 0 Å². The molecule has 0 aliphatic heterocycles. The van der Waals surface area contributed by atoms with Gasteiger partial charge in [-0.2, -0.15) is 9.40 Å². The number of nitrogens with zero attached hydrogens (tertiary/aromatic N) is 3. The Labute approximate surface area is 178 Å². The van der Waals surface area contributed by atoms with Gasteiger partial charge in [-0.1, -0.05) is 32.4 Å². The number of sulfonamides is 1. The first-order valence-corrected chi connectivity index (χ1v) is 12.5. The molecule has 0 spiro atoms. The number of hydrogen-bond acceptors (Lipinski definition) is 4. The van der Waals surface area contributed by atoms with E-state index in [9.17, 15) is 8.42 Å². The Kier molecular flexibility index (Phi) is 5.70. The van der Waals surface area contributed by atoms with E-state index in [0.717, 1.165) is 23.2 Å². The lowest BCUT2D eigenvalue weighted by atomic mass is 9.84. The van der Waals surface area contributed by atoms with Crippen molar-refractivity contribution in [3.8, 4) is 11.4 Å². The summed E-state index contributed by atoms with van der Waals surface area (Å²) in [6, 6.07) is 7.33. The molecule has 0 amide bonds. The summed E-state index contributed by atoms with van der Waals surface area (Å²) in [6.07, 6.45) is 5.28. The van der Waals surface area contributed by atoms with Crippen LogP contribution in [-0.4, -0.2) is 40.6 Å². The van der Waals surface area contributed by atoms with Gasteiger partial charge in [0.1, 0.15) is 0 Å². The second-order valence-corrected chi connectivity index (χ2v) is 10.7. The summed E-state index contributed by atoms with van der Waals surface area (Å²) >= 11 is 5.57. The smallest absolute Gasteiger partial charge is 0.243 e. The van der Waals surface area contributed by atoms with Crippen LogP contribution >= 0.6 is 12.2 Å². The quantitative estimate of drug-likeness (QED) is 0.645. The number of benzene rings is 1. The van der Waals surface area contributed by atoms with E-state index >= 15 is 0 Å². The van der Waals surface area contributed by atoms with E-state index in [1.54, 1.807) is 18.2 Å². The first-order valence-electron chi connectivity index (χ1n) is 10.6. The van der Waals surface area contributed by atoms with Crippen molar-refractivity contribution in [3.63, 3.8) is 0 Å². The van der Waals surface area contributed by atoms with Crippen LogP contribution in [0.15, 0.2) is 29.2 Å². The lowest BCUT2D eigenvalue weighted by Gasteiger charge is -2.29. The standard InChI is InChI=1S/C21H30N4O2S2/c1-4-24(5-2)29(26,27)18-8-6-7-17(13-18)20-22-23-21(28)25(20)14(3)19-12-15-9-10-16(19)11-15/h6-8,13-16,19H,4-5,9-12H2,1-3H3,(H,23,28)/t14-,15+,16+,19+/m0/s1. The van der Waals surface area contributed by atoms with Crippen molar-refractivity contribution >= 4 is 22.2 Å². The lowest BCUT2D eigenvalue weighted by Crippen LogP contribution is -2.30. The molecule has 2 bridgehead atoms. The van der Waals surface area contributed by atoms with Gasteiger partial charge < -0.3 is 0 Å². The number of fused-ring (bicyclic) bond motifs is 2. The Balaban J connectivity index is 1.71. The van der Waals surface area contributed by atoms with Crippen molar-refractivity contribution in [2.45, 2.75) is 57.4 Å². The molecule has 8 heteroatoms. The minimum atomic E-state index is -3.52. The van der Waals surface area contributed by atoms with E-state index in [1.807, 2.05) is 19.9 Å². The van der Waals surface area contributed by atoms with E-state index in [-0.39, 0.29) is 6.04 Å². The number of H-pyrrole nitrogens is 1. The van der Waals surface area contributed by atoms with Crippen LogP contribution in [0.4, 0.5) is 0 Å². The average molecular weight is 435 g/mol. The topological polar surface area (TPSA) is 71.0 Å². The number of nitrogens with one attached hydrogen (secondary N) is 1. The molecule has 2 aliphatic rings. The van der Waals surface area contributed by atoms with Crippen LogP contribution in [0.5, 0.6) is 0 Å². The third-order valence-corrected chi connectivity index (χ3v) is 9.29. The van der Waals surface area contributed by atoms with Crippen molar-refractivity contribution in [1.29, 1.82) is 0 Å². The normalized spacial score (nSPS) is 25.0. The molecule has 6 nitrogen and oxygen atoms in total. The maximum atomic E-state index is 13.0. The SMILES string of the molecule is CCN(CC)S(=O)(=O)c1cccc(-c2n[nH]c(=S)n2[C@@H](C)[C@H]2C[C@@H]3CC[C@@H]2C3)c1. The number of aromatic nitrogens is 3. The van der Waals surface area contributed by atoms with Crippen LogP contribution in [0.3, 0.4) is 0 Å². The lowest BCUT2D eigenvalue weighted by molar-refractivity contribution is 0.242. The Bertz CT molecular complexity index is 1040. The minimum absolute atomic E-state index is 0.245. The van der Waals surface area contributed by atoms with Crippen molar-refractivity contribution < 1.29 is 8.42 Å². The van der Waals surface area contributed by atoms with Gasteiger partial charge in [0.15, 0.2) is 10.6 Å². The van der Waals surface area contributed by atoms with Gasteiger partial charge >= 0.3 is 0 Å². The van der Waals surface area contributed by atoms with Crippen LogP contribution < -0.4 is 0 Å². The molecule has 1 heterocycles. The minimum Gasteiger partial charge on any atom is -0.297 e. The number of aromatic amines is 1. The van der Waals surface area contributed by atoms with E-state index in [4.69, 9.17) is 12.2 Å². The van der Waals surface area contributed by atoms with E-state index < -0.39 is 10.0 Å². The van der Waals surface area contributed by atoms with Gasteiger partial charge in [-0.25, -0.2) is 8.42 Å². The van der Waals surface area contributed by atoms with Crippen molar-refractivity contribution in [1.82, 2.24) is 19.1 Å². The second kappa shape index (κ2) is 7.96. The Morgan fingerprint density at radius 3 is 2.66 bits per heavy atom. The second-order valence-electron chi connectivity index (χ2n) is 8.42. The van der Waals surface area contributed by atoms with Crippen LogP contribution in [0.1, 0.15) is 52.5 Å². The highest BCUT2D eigenvalue weighted by atomic mass is 32.2. The highest BCUT2D eigenvalue weighted by Gasteiger charge is 2.43. The highest BCUT2D eigenvalue weighted by molar-refractivity contribution is 7.89. The summed E-state index contributed by atoms with van der Waals surface area (Å²) in [4.78, 5) is 0.298. The zero-order chi connectivity index (χ0) is 20.8. The molecule has 0 saturated heterocycles. The fourth-order valence-corrected chi connectivity index (χ4v) is 7.27. The van der Waals surface area contributed by atoms with E-state index in [2.05, 4.69) is 21.7 Å². The van der Waals surface area contributed by atoms with Crippen LogP contribution in [0.25, 0.3) is 11.4 Å².